The third-order valence-corrected chi connectivity index (χ3v) is 3.52. The zero-order valence-corrected chi connectivity index (χ0v) is 12.9. The van der Waals surface area contributed by atoms with Gasteiger partial charge >= 0.3 is 18.0 Å². The molecule has 0 bridgehead atoms. The van der Waals surface area contributed by atoms with Gasteiger partial charge < -0.3 is 14.2 Å². The summed E-state index contributed by atoms with van der Waals surface area (Å²) in [5.74, 6) is -0.832. The molecule has 2 rings (SSSR count). The summed E-state index contributed by atoms with van der Waals surface area (Å²) in [5, 5.41) is 0. The maximum Gasteiger partial charge on any atom is 0.413 e. The van der Waals surface area contributed by atoms with E-state index in [1.807, 2.05) is 30.3 Å². The monoisotopic (exact) mass is 321 g/mol. The molecule has 0 spiro atoms. The fraction of sp³-hybridized carbons (Fsp3) is 0.438. The van der Waals surface area contributed by atoms with E-state index in [4.69, 9.17) is 9.47 Å². The average molecular weight is 321 g/mol. The van der Waals surface area contributed by atoms with Crippen molar-refractivity contribution < 1.29 is 28.6 Å². The van der Waals surface area contributed by atoms with Crippen molar-refractivity contribution in [3.63, 3.8) is 0 Å². The number of carbonyl (C=O) groups is 3. The van der Waals surface area contributed by atoms with Crippen molar-refractivity contribution in [2.75, 3.05) is 13.8 Å². The van der Waals surface area contributed by atoms with Gasteiger partial charge in [-0.25, -0.2) is 9.59 Å². The highest BCUT2D eigenvalue weighted by Gasteiger charge is 2.38. The second kappa shape index (κ2) is 8.17. The fourth-order valence-electron chi connectivity index (χ4n) is 2.24. The minimum absolute atomic E-state index is 0.124. The summed E-state index contributed by atoms with van der Waals surface area (Å²) in [6.45, 7) is -0.00537. The van der Waals surface area contributed by atoms with Crippen LogP contribution in [0.25, 0.3) is 0 Å². The van der Waals surface area contributed by atoms with Gasteiger partial charge in [-0.15, -0.1) is 0 Å². The quantitative estimate of drug-likeness (QED) is 0.587. The van der Waals surface area contributed by atoms with Gasteiger partial charge in [0.1, 0.15) is 12.6 Å². The van der Waals surface area contributed by atoms with Crippen LogP contribution in [0.3, 0.4) is 0 Å². The Kier molecular flexibility index (Phi) is 5.96. The normalized spacial score (nSPS) is 16.8. The molecule has 1 aromatic carbocycles. The Hall–Kier alpha value is -2.57. The van der Waals surface area contributed by atoms with Gasteiger partial charge in [-0.2, -0.15) is 0 Å². The smallest absolute Gasteiger partial charge is 0.413 e. The summed E-state index contributed by atoms with van der Waals surface area (Å²) in [7, 11) is 1.30. The second-order valence-electron chi connectivity index (χ2n) is 5.09. The molecule has 0 aliphatic carbocycles. The maximum absolute atomic E-state index is 12.1. The molecule has 124 valence electrons. The van der Waals surface area contributed by atoms with Gasteiger partial charge in [0, 0.05) is 6.42 Å². The molecule has 0 radical (unpaired) electrons. The lowest BCUT2D eigenvalue weighted by molar-refractivity contribution is -0.142. The summed E-state index contributed by atoms with van der Waals surface area (Å²) < 4.78 is 14.7. The van der Waals surface area contributed by atoms with Crippen LogP contribution in [0.4, 0.5) is 4.79 Å². The number of esters is 2. The molecular formula is C16H19NO6. The van der Waals surface area contributed by atoms with E-state index in [0.717, 1.165) is 5.56 Å². The van der Waals surface area contributed by atoms with Crippen molar-refractivity contribution in [1.82, 2.24) is 4.90 Å². The zero-order chi connectivity index (χ0) is 16.7. The molecule has 0 aromatic heterocycles. The third kappa shape index (κ3) is 4.70. The Balaban J connectivity index is 1.85. The van der Waals surface area contributed by atoms with Crippen LogP contribution in [-0.4, -0.2) is 42.8 Å². The van der Waals surface area contributed by atoms with Crippen molar-refractivity contribution in [2.45, 2.75) is 31.9 Å². The first kappa shape index (κ1) is 16.8. The summed E-state index contributed by atoms with van der Waals surface area (Å²) in [6.07, 6.45) is 0.332. The minimum Gasteiger partial charge on any atom is -0.469 e. The van der Waals surface area contributed by atoms with Crippen molar-refractivity contribution in [1.29, 1.82) is 0 Å². The molecule has 1 aliphatic rings. The third-order valence-electron chi connectivity index (χ3n) is 3.52. The van der Waals surface area contributed by atoms with Gasteiger partial charge in [-0.1, -0.05) is 30.3 Å². The lowest BCUT2D eigenvalue weighted by atomic mass is 10.1. The highest BCUT2D eigenvalue weighted by molar-refractivity contribution is 5.83. The molecule has 0 unspecified atom stereocenters. The number of amides is 1. The van der Waals surface area contributed by atoms with Gasteiger partial charge in [0.25, 0.3) is 0 Å². The van der Waals surface area contributed by atoms with Crippen LogP contribution >= 0.6 is 0 Å². The Morgan fingerprint density at radius 2 is 2.04 bits per heavy atom. The highest BCUT2D eigenvalue weighted by Crippen LogP contribution is 2.19. The fourth-order valence-corrected chi connectivity index (χ4v) is 2.24. The molecule has 0 saturated carbocycles. The molecule has 1 fully saturated rings. The summed E-state index contributed by atoms with van der Waals surface area (Å²) in [5.41, 5.74) is 0.856. The lowest BCUT2D eigenvalue weighted by Crippen LogP contribution is -2.38. The first-order chi connectivity index (χ1) is 11.1. The largest absolute Gasteiger partial charge is 0.469 e. The van der Waals surface area contributed by atoms with Gasteiger partial charge in [-0.3, -0.25) is 9.69 Å². The molecule has 1 amide bonds. The number of carbonyl (C=O) groups excluding carboxylic acids is 3. The van der Waals surface area contributed by atoms with Gasteiger partial charge in [0.2, 0.25) is 0 Å². The van der Waals surface area contributed by atoms with Crippen LogP contribution in [0.5, 0.6) is 0 Å². The average Bonchev–Trinajstić information content (AvgIpc) is 2.94. The summed E-state index contributed by atoms with van der Waals surface area (Å²) in [6, 6.07) is 8.53. The molecule has 1 aromatic rings. The van der Waals surface area contributed by atoms with Crippen LogP contribution in [-0.2, 0) is 30.4 Å². The number of methoxy groups -OCH3 is 1. The van der Waals surface area contributed by atoms with Gasteiger partial charge in [0.15, 0.2) is 6.73 Å². The van der Waals surface area contributed by atoms with Crippen LogP contribution < -0.4 is 0 Å². The SMILES string of the molecule is COC(=O)CCC[C@H]1C(=O)OCN1C(=O)OCc1ccccc1. The number of benzene rings is 1. The molecule has 23 heavy (non-hydrogen) atoms. The van der Waals surface area contributed by atoms with E-state index in [1.165, 1.54) is 12.0 Å². The van der Waals surface area contributed by atoms with Gasteiger partial charge in [0.05, 0.1) is 7.11 Å². The van der Waals surface area contributed by atoms with Crippen molar-refractivity contribution in [2.24, 2.45) is 0 Å². The molecule has 1 aliphatic heterocycles. The molecule has 1 heterocycles. The number of cyclic esters (lactones) is 1. The molecule has 1 atom stereocenters. The molecule has 7 heteroatoms. The van der Waals surface area contributed by atoms with E-state index in [-0.39, 0.29) is 25.7 Å². The standard InChI is InChI=1S/C16H19NO6/c1-21-14(18)9-5-8-13-15(19)23-11-17(13)16(20)22-10-12-6-3-2-4-7-12/h2-4,6-7,13H,5,8-11H2,1H3/t13-/m0/s1. The Morgan fingerprint density at radius 3 is 2.74 bits per heavy atom. The van der Waals surface area contributed by atoms with E-state index >= 15 is 0 Å². The maximum atomic E-state index is 12.1. The molecule has 7 nitrogen and oxygen atoms in total. The molecular weight excluding hydrogens is 302 g/mol. The predicted molar refractivity (Wildman–Crippen MR) is 79.1 cm³/mol. The van der Waals surface area contributed by atoms with Crippen molar-refractivity contribution >= 4 is 18.0 Å². The molecule has 1 saturated heterocycles. The van der Waals surface area contributed by atoms with Crippen LogP contribution in [0.2, 0.25) is 0 Å². The van der Waals surface area contributed by atoms with Crippen molar-refractivity contribution in [3.8, 4) is 0 Å². The van der Waals surface area contributed by atoms with Crippen LogP contribution in [0, 0.1) is 0 Å². The number of hydrogen-bond acceptors (Lipinski definition) is 6. The minimum atomic E-state index is -0.720. The van der Waals surface area contributed by atoms with Crippen molar-refractivity contribution in [3.05, 3.63) is 35.9 Å². The summed E-state index contributed by atoms with van der Waals surface area (Å²) in [4.78, 5) is 36.2. The first-order valence-corrected chi connectivity index (χ1v) is 7.32. The Morgan fingerprint density at radius 1 is 1.30 bits per heavy atom. The lowest BCUT2D eigenvalue weighted by Gasteiger charge is -2.19. The van der Waals surface area contributed by atoms with Crippen LogP contribution in [0.1, 0.15) is 24.8 Å². The number of ether oxygens (including phenoxy) is 3. The van der Waals surface area contributed by atoms with E-state index < -0.39 is 18.1 Å². The number of nitrogens with zero attached hydrogens (tertiary/aromatic N) is 1. The van der Waals surface area contributed by atoms with Crippen LogP contribution in [0.15, 0.2) is 30.3 Å². The van der Waals surface area contributed by atoms with E-state index in [9.17, 15) is 14.4 Å². The van der Waals surface area contributed by atoms with Gasteiger partial charge in [-0.05, 0) is 18.4 Å². The van der Waals surface area contributed by atoms with E-state index in [0.29, 0.717) is 12.8 Å². The molecule has 0 N–H and O–H groups in total. The second-order valence-corrected chi connectivity index (χ2v) is 5.09. The number of rotatable bonds is 6. The van der Waals surface area contributed by atoms with E-state index in [2.05, 4.69) is 4.74 Å². The number of hydrogen-bond donors (Lipinski definition) is 0. The Labute approximate surface area is 134 Å². The summed E-state index contributed by atoms with van der Waals surface area (Å²) >= 11 is 0. The Bertz CT molecular complexity index is 559. The predicted octanol–water partition coefficient (Wildman–Crippen LogP) is 1.85. The van der Waals surface area contributed by atoms with E-state index in [1.54, 1.807) is 0 Å². The first-order valence-electron chi connectivity index (χ1n) is 7.32. The zero-order valence-electron chi connectivity index (χ0n) is 12.9. The topological polar surface area (TPSA) is 82.1 Å². The highest BCUT2D eigenvalue weighted by atomic mass is 16.6.